The molecule has 1 amide bonds. The van der Waals surface area contributed by atoms with E-state index in [-0.39, 0.29) is 23.3 Å². The molecule has 5 N–H and O–H groups in total. The first-order valence-electron chi connectivity index (χ1n) is 6.80. The maximum absolute atomic E-state index is 11.2. The highest BCUT2D eigenvalue weighted by atomic mass is 16.5. The molecule has 20 heavy (non-hydrogen) atoms. The Morgan fingerprint density at radius 1 is 1.55 bits per heavy atom. The summed E-state index contributed by atoms with van der Waals surface area (Å²) >= 11 is 0. The van der Waals surface area contributed by atoms with Crippen LogP contribution < -0.4 is 16.8 Å². The van der Waals surface area contributed by atoms with Crippen molar-refractivity contribution >= 4 is 17.4 Å². The average Bonchev–Trinajstić information content (AvgIpc) is 2.39. The molecule has 110 valence electrons. The second-order valence-corrected chi connectivity index (χ2v) is 5.70. The van der Waals surface area contributed by atoms with E-state index in [2.05, 4.69) is 24.1 Å². The minimum atomic E-state index is -0.562. The summed E-state index contributed by atoms with van der Waals surface area (Å²) in [5, 5.41) is 3.30. The number of ether oxygens (including phenoxy) is 1. The number of pyridine rings is 1. The van der Waals surface area contributed by atoms with Gasteiger partial charge in [0.1, 0.15) is 11.5 Å². The van der Waals surface area contributed by atoms with Gasteiger partial charge in [0, 0.05) is 18.1 Å². The van der Waals surface area contributed by atoms with Crippen molar-refractivity contribution in [1.82, 2.24) is 4.98 Å². The zero-order valence-electron chi connectivity index (χ0n) is 12.1. The van der Waals surface area contributed by atoms with E-state index >= 15 is 0 Å². The quantitative estimate of drug-likeness (QED) is 0.755. The SMILES string of the molecule is CCOC1CC(Nc2nc(C(N)=O)ccc2N)C1(C)C. The van der Waals surface area contributed by atoms with Gasteiger partial charge < -0.3 is 21.5 Å². The Morgan fingerprint density at radius 3 is 2.80 bits per heavy atom. The van der Waals surface area contributed by atoms with E-state index in [1.165, 1.54) is 6.07 Å². The van der Waals surface area contributed by atoms with Crippen molar-refractivity contribution in [1.29, 1.82) is 0 Å². The fraction of sp³-hybridized carbons (Fsp3) is 0.571. The smallest absolute Gasteiger partial charge is 0.267 e. The summed E-state index contributed by atoms with van der Waals surface area (Å²) in [5.41, 5.74) is 11.8. The van der Waals surface area contributed by atoms with Gasteiger partial charge >= 0.3 is 0 Å². The minimum Gasteiger partial charge on any atom is -0.396 e. The number of amides is 1. The second kappa shape index (κ2) is 5.28. The molecule has 1 fully saturated rings. The largest absolute Gasteiger partial charge is 0.396 e. The lowest BCUT2D eigenvalue weighted by Crippen LogP contribution is -2.58. The number of rotatable bonds is 5. The van der Waals surface area contributed by atoms with Crippen LogP contribution in [0.4, 0.5) is 11.5 Å². The molecule has 2 rings (SSSR count). The standard InChI is InChI=1S/C14H22N4O2/c1-4-20-11-7-10(14(11,2)3)18-13-8(15)5-6-9(17-13)12(16)19/h5-6,10-11H,4,7,15H2,1-3H3,(H2,16,19)(H,17,18). The number of nitrogens with one attached hydrogen (secondary N) is 1. The molecule has 0 bridgehead atoms. The molecular weight excluding hydrogens is 256 g/mol. The third-order valence-corrected chi connectivity index (χ3v) is 4.04. The van der Waals surface area contributed by atoms with Crippen LogP contribution in [0.1, 0.15) is 37.7 Å². The number of nitrogen functional groups attached to an aromatic ring is 1. The van der Waals surface area contributed by atoms with Gasteiger partial charge in [-0.3, -0.25) is 4.79 Å². The van der Waals surface area contributed by atoms with Gasteiger partial charge in [-0.1, -0.05) is 13.8 Å². The van der Waals surface area contributed by atoms with E-state index < -0.39 is 5.91 Å². The molecule has 1 aromatic rings. The summed E-state index contributed by atoms with van der Waals surface area (Å²) in [6, 6.07) is 3.37. The highest BCUT2D eigenvalue weighted by Gasteiger charge is 2.49. The van der Waals surface area contributed by atoms with Gasteiger partial charge in [0.25, 0.3) is 5.91 Å². The van der Waals surface area contributed by atoms with Crippen molar-refractivity contribution in [3.05, 3.63) is 17.8 Å². The van der Waals surface area contributed by atoms with Crippen LogP contribution in [0, 0.1) is 5.41 Å². The van der Waals surface area contributed by atoms with Gasteiger partial charge in [0.15, 0.2) is 0 Å². The second-order valence-electron chi connectivity index (χ2n) is 5.70. The third-order valence-electron chi connectivity index (χ3n) is 4.04. The van der Waals surface area contributed by atoms with Crippen molar-refractivity contribution in [3.8, 4) is 0 Å². The van der Waals surface area contributed by atoms with E-state index in [0.29, 0.717) is 18.1 Å². The van der Waals surface area contributed by atoms with Crippen molar-refractivity contribution in [3.63, 3.8) is 0 Å². The minimum absolute atomic E-state index is 0.00708. The third kappa shape index (κ3) is 2.56. The average molecular weight is 278 g/mol. The summed E-state index contributed by atoms with van der Waals surface area (Å²) in [7, 11) is 0. The van der Waals surface area contributed by atoms with Gasteiger partial charge in [-0.05, 0) is 25.5 Å². The Hall–Kier alpha value is -1.82. The normalized spacial score (nSPS) is 23.9. The van der Waals surface area contributed by atoms with Gasteiger partial charge in [0.05, 0.1) is 11.8 Å². The van der Waals surface area contributed by atoms with Gasteiger partial charge in [-0.15, -0.1) is 0 Å². The molecule has 1 aliphatic carbocycles. The van der Waals surface area contributed by atoms with Crippen LogP contribution in [-0.2, 0) is 4.74 Å². The van der Waals surface area contributed by atoms with Gasteiger partial charge in [-0.2, -0.15) is 0 Å². The Morgan fingerprint density at radius 2 is 2.25 bits per heavy atom. The van der Waals surface area contributed by atoms with E-state index in [1.54, 1.807) is 6.07 Å². The molecule has 1 heterocycles. The molecular formula is C14H22N4O2. The van der Waals surface area contributed by atoms with Crippen LogP contribution in [0.3, 0.4) is 0 Å². The molecule has 0 radical (unpaired) electrons. The van der Waals surface area contributed by atoms with E-state index in [0.717, 1.165) is 6.42 Å². The Balaban J connectivity index is 2.12. The maximum Gasteiger partial charge on any atom is 0.267 e. The number of carbonyl (C=O) groups is 1. The van der Waals surface area contributed by atoms with Crippen molar-refractivity contribution < 1.29 is 9.53 Å². The topological polar surface area (TPSA) is 103 Å². The molecule has 6 heteroatoms. The number of anilines is 2. The fourth-order valence-corrected chi connectivity index (χ4v) is 2.50. The number of nitrogens with two attached hydrogens (primary N) is 2. The lowest BCUT2D eigenvalue weighted by Gasteiger charge is -2.51. The van der Waals surface area contributed by atoms with E-state index in [4.69, 9.17) is 16.2 Å². The number of hydrogen-bond donors (Lipinski definition) is 3. The first-order chi connectivity index (χ1) is 9.36. The molecule has 1 saturated carbocycles. The summed E-state index contributed by atoms with van der Waals surface area (Å²) < 4.78 is 5.69. The van der Waals surface area contributed by atoms with Crippen LogP contribution in [0.15, 0.2) is 12.1 Å². The monoisotopic (exact) mass is 278 g/mol. The molecule has 0 saturated heterocycles. The number of nitrogens with zero attached hydrogens (tertiary/aromatic N) is 1. The number of hydrogen-bond acceptors (Lipinski definition) is 5. The molecule has 0 aliphatic heterocycles. The summed E-state index contributed by atoms with van der Waals surface area (Å²) in [6.45, 7) is 6.98. The van der Waals surface area contributed by atoms with Crippen LogP contribution >= 0.6 is 0 Å². The highest BCUT2D eigenvalue weighted by molar-refractivity contribution is 5.91. The van der Waals surface area contributed by atoms with Gasteiger partial charge in [0.2, 0.25) is 0 Å². The predicted molar refractivity (Wildman–Crippen MR) is 78.4 cm³/mol. The lowest BCUT2D eigenvalue weighted by atomic mass is 9.64. The van der Waals surface area contributed by atoms with Crippen LogP contribution in [-0.4, -0.2) is 29.6 Å². The first-order valence-corrected chi connectivity index (χ1v) is 6.80. The van der Waals surface area contributed by atoms with Crippen LogP contribution in [0.5, 0.6) is 0 Å². The number of primary amides is 1. The van der Waals surface area contributed by atoms with E-state index in [9.17, 15) is 4.79 Å². The fourth-order valence-electron chi connectivity index (χ4n) is 2.50. The molecule has 2 unspecified atom stereocenters. The van der Waals surface area contributed by atoms with Crippen LogP contribution in [0.25, 0.3) is 0 Å². The summed E-state index contributed by atoms with van der Waals surface area (Å²) in [5.74, 6) is -0.0533. The first kappa shape index (κ1) is 14.6. The molecule has 6 nitrogen and oxygen atoms in total. The van der Waals surface area contributed by atoms with Crippen molar-refractivity contribution in [2.75, 3.05) is 17.7 Å². The number of aromatic nitrogens is 1. The predicted octanol–water partition coefficient (Wildman–Crippen LogP) is 1.38. The molecule has 0 spiro atoms. The summed E-state index contributed by atoms with van der Waals surface area (Å²) in [4.78, 5) is 15.3. The van der Waals surface area contributed by atoms with E-state index in [1.807, 2.05) is 6.92 Å². The lowest BCUT2D eigenvalue weighted by molar-refractivity contribution is -0.0976. The zero-order valence-corrected chi connectivity index (χ0v) is 12.1. The Bertz CT molecular complexity index is 516. The number of carbonyl (C=O) groups excluding carboxylic acids is 1. The van der Waals surface area contributed by atoms with Crippen molar-refractivity contribution in [2.45, 2.75) is 39.3 Å². The Labute approximate surface area is 118 Å². The maximum atomic E-state index is 11.2. The summed E-state index contributed by atoms with van der Waals surface area (Å²) in [6.07, 6.45) is 1.12. The van der Waals surface area contributed by atoms with Crippen molar-refractivity contribution in [2.24, 2.45) is 11.1 Å². The van der Waals surface area contributed by atoms with Gasteiger partial charge in [-0.25, -0.2) is 4.98 Å². The zero-order chi connectivity index (χ0) is 14.9. The molecule has 0 aromatic carbocycles. The Kier molecular flexibility index (Phi) is 3.85. The molecule has 1 aromatic heterocycles. The van der Waals surface area contributed by atoms with Crippen LogP contribution in [0.2, 0.25) is 0 Å². The molecule has 1 aliphatic rings. The highest BCUT2D eigenvalue weighted by Crippen LogP contribution is 2.44. The molecule has 2 atom stereocenters.